The van der Waals surface area contributed by atoms with Crippen molar-refractivity contribution >= 4 is 45.7 Å². The number of rotatable bonds is 8. The number of thiophene rings is 1. The number of nitro groups is 1. The molecular formula is C19H18N4O6S2. The Balaban J connectivity index is 1.68. The van der Waals surface area contributed by atoms with E-state index in [2.05, 4.69) is 15.5 Å². The highest BCUT2D eigenvalue weighted by Crippen LogP contribution is 2.34. The van der Waals surface area contributed by atoms with Gasteiger partial charge in [-0.1, -0.05) is 23.9 Å². The molecule has 162 valence electrons. The average Bonchev–Trinajstić information content (AvgIpc) is 3.31. The summed E-state index contributed by atoms with van der Waals surface area (Å²) in [6.07, 6.45) is 0. The summed E-state index contributed by atoms with van der Waals surface area (Å²) in [5.41, 5.74) is 1.15. The minimum Gasteiger partial charge on any atom is -0.462 e. The summed E-state index contributed by atoms with van der Waals surface area (Å²) >= 11 is 2.27. The number of esters is 1. The van der Waals surface area contributed by atoms with Gasteiger partial charge in [0.05, 0.1) is 22.8 Å². The van der Waals surface area contributed by atoms with Crippen LogP contribution in [0.3, 0.4) is 0 Å². The van der Waals surface area contributed by atoms with Crippen LogP contribution in [-0.4, -0.2) is 39.4 Å². The van der Waals surface area contributed by atoms with Gasteiger partial charge in [0.1, 0.15) is 10.6 Å². The van der Waals surface area contributed by atoms with E-state index in [9.17, 15) is 19.7 Å². The molecule has 0 fully saturated rings. The first-order valence-corrected chi connectivity index (χ1v) is 10.9. The quantitative estimate of drug-likeness (QED) is 0.225. The predicted molar refractivity (Wildman–Crippen MR) is 115 cm³/mol. The molecular weight excluding hydrogens is 444 g/mol. The summed E-state index contributed by atoms with van der Waals surface area (Å²) in [5, 5.41) is 22.1. The van der Waals surface area contributed by atoms with Crippen molar-refractivity contribution in [1.29, 1.82) is 0 Å². The third-order valence-electron chi connectivity index (χ3n) is 4.18. The van der Waals surface area contributed by atoms with Crippen LogP contribution in [0.2, 0.25) is 0 Å². The maximum atomic E-state index is 12.4. The van der Waals surface area contributed by atoms with E-state index in [4.69, 9.17) is 9.15 Å². The van der Waals surface area contributed by atoms with Gasteiger partial charge in [-0.3, -0.25) is 14.9 Å². The first-order valence-electron chi connectivity index (χ1n) is 9.08. The minimum atomic E-state index is -0.536. The molecule has 1 N–H and O–H groups in total. The summed E-state index contributed by atoms with van der Waals surface area (Å²) in [6.45, 7) is 5.60. The van der Waals surface area contributed by atoms with Gasteiger partial charge in [0.2, 0.25) is 5.91 Å². The van der Waals surface area contributed by atoms with E-state index in [0.717, 1.165) is 22.2 Å². The average molecular weight is 463 g/mol. The number of para-hydroxylation sites is 1. The van der Waals surface area contributed by atoms with Gasteiger partial charge in [-0.25, -0.2) is 4.79 Å². The number of benzene rings is 1. The van der Waals surface area contributed by atoms with Crippen LogP contribution in [0.4, 0.5) is 10.7 Å². The van der Waals surface area contributed by atoms with E-state index < -0.39 is 10.9 Å². The molecule has 2 heterocycles. The number of carbonyl (C=O) groups excluding carboxylic acids is 2. The van der Waals surface area contributed by atoms with Crippen molar-refractivity contribution in [2.75, 3.05) is 17.7 Å². The van der Waals surface area contributed by atoms with E-state index in [1.807, 2.05) is 6.92 Å². The Morgan fingerprint density at radius 1 is 1.29 bits per heavy atom. The molecule has 0 unspecified atom stereocenters. The Bertz CT molecular complexity index is 1140. The molecule has 0 bridgehead atoms. The highest BCUT2D eigenvalue weighted by Gasteiger charge is 2.23. The molecule has 31 heavy (non-hydrogen) atoms. The predicted octanol–water partition coefficient (Wildman–Crippen LogP) is 4.23. The number of nitrogens with one attached hydrogen (secondary N) is 1. The van der Waals surface area contributed by atoms with E-state index in [1.165, 1.54) is 29.5 Å². The zero-order valence-electron chi connectivity index (χ0n) is 16.8. The van der Waals surface area contributed by atoms with Crippen LogP contribution < -0.4 is 5.32 Å². The number of nitro benzene ring substituents is 1. The number of anilines is 1. The zero-order valence-corrected chi connectivity index (χ0v) is 18.5. The van der Waals surface area contributed by atoms with Crippen LogP contribution in [0.5, 0.6) is 0 Å². The van der Waals surface area contributed by atoms with Crippen LogP contribution in [-0.2, 0) is 9.53 Å². The van der Waals surface area contributed by atoms with Gasteiger partial charge in [-0.2, -0.15) is 0 Å². The van der Waals surface area contributed by atoms with Crippen molar-refractivity contribution in [2.45, 2.75) is 26.0 Å². The van der Waals surface area contributed by atoms with Crippen molar-refractivity contribution in [1.82, 2.24) is 10.2 Å². The number of amides is 1. The number of hydrogen-bond acceptors (Lipinski definition) is 10. The van der Waals surface area contributed by atoms with Crippen LogP contribution in [0.25, 0.3) is 11.5 Å². The van der Waals surface area contributed by atoms with Gasteiger partial charge in [0, 0.05) is 10.9 Å². The van der Waals surface area contributed by atoms with Crippen molar-refractivity contribution < 1.29 is 23.7 Å². The monoisotopic (exact) mass is 462 g/mol. The van der Waals surface area contributed by atoms with Crippen LogP contribution in [0.15, 0.2) is 33.9 Å². The summed E-state index contributed by atoms with van der Waals surface area (Å²) in [5.74, 6) is -0.929. The molecule has 0 aliphatic rings. The molecule has 3 rings (SSSR count). The second-order valence-electron chi connectivity index (χ2n) is 6.19. The summed E-state index contributed by atoms with van der Waals surface area (Å²) in [7, 11) is 0. The minimum absolute atomic E-state index is 0.00990. The van der Waals surface area contributed by atoms with Crippen molar-refractivity contribution in [2.24, 2.45) is 0 Å². The van der Waals surface area contributed by atoms with E-state index in [-0.39, 0.29) is 40.6 Å². The maximum absolute atomic E-state index is 12.4. The number of aromatic nitrogens is 2. The molecule has 0 aliphatic heterocycles. The molecule has 3 aromatic rings. The molecule has 2 aromatic heterocycles. The molecule has 0 saturated heterocycles. The van der Waals surface area contributed by atoms with Gasteiger partial charge in [-0.15, -0.1) is 21.5 Å². The lowest BCUT2D eigenvalue weighted by atomic mass is 10.1. The Labute approximate surface area is 185 Å². The fraction of sp³-hybridized carbons (Fsp3) is 0.263. The summed E-state index contributed by atoms with van der Waals surface area (Å²) in [4.78, 5) is 36.1. The highest BCUT2D eigenvalue weighted by atomic mass is 32.2. The smallest absolute Gasteiger partial charge is 0.341 e. The van der Waals surface area contributed by atoms with Crippen LogP contribution in [0, 0.1) is 24.0 Å². The maximum Gasteiger partial charge on any atom is 0.341 e. The molecule has 1 aromatic carbocycles. The Morgan fingerprint density at radius 3 is 2.74 bits per heavy atom. The number of carbonyl (C=O) groups is 2. The molecule has 10 nitrogen and oxygen atoms in total. The van der Waals surface area contributed by atoms with Gasteiger partial charge in [0.15, 0.2) is 0 Å². The third kappa shape index (κ3) is 5.09. The summed E-state index contributed by atoms with van der Waals surface area (Å²) in [6, 6.07) is 6.01. The number of nitrogens with zero attached hydrogens (tertiary/aromatic N) is 3. The van der Waals surface area contributed by atoms with Gasteiger partial charge < -0.3 is 14.5 Å². The lowest BCUT2D eigenvalue weighted by Gasteiger charge is -2.06. The van der Waals surface area contributed by atoms with E-state index in [1.54, 1.807) is 19.9 Å². The third-order valence-corrected chi connectivity index (χ3v) is 6.12. The van der Waals surface area contributed by atoms with Crippen molar-refractivity contribution in [3.8, 4) is 11.5 Å². The SMILES string of the molecule is CCOC(=O)c1c(NC(=O)CSc2nnc(-c3ccccc3[N+](=O)[O-])o2)sc(C)c1C. The molecule has 12 heteroatoms. The first kappa shape index (κ1) is 22.4. The zero-order chi connectivity index (χ0) is 22.5. The van der Waals surface area contributed by atoms with Gasteiger partial charge in [0.25, 0.3) is 16.8 Å². The van der Waals surface area contributed by atoms with E-state index in [0.29, 0.717) is 10.6 Å². The lowest BCUT2D eigenvalue weighted by molar-refractivity contribution is -0.384. The van der Waals surface area contributed by atoms with Crippen molar-refractivity contribution in [3.63, 3.8) is 0 Å². The topological polar surface area (TPSA) is 137 Å². The standard InChI is InChI=1S/C19H18N4O6S2/c1-4-28-18(25)15-10(2)11(3)31-17(15)20-14(24)9-30-19-22-21-16(29-19)12-7-5-6-8-13(12)23(26)27/h5-8H,4,9H2,1-3H3,(H,20,24). The first-order chi connectivity index (χ1) is 14.8. The Hall–Kier alpha value is -3.25. The molecule has 0 aliphatic carbocycles. The molecule has 0 spiro atoms. The lowest BCUT2D eigenvalue weighted by Crippen LogP contribution is -2.16. The highest BCUT2D eigenvalue weighted by molar-refractivity contribution is 7.99. The number of hydrogen-bond donors (Lipinski definition) is 1. The second kappa shape index (κ2) is 9.71. The summed E-state index contributed by atoms with van der Waals surface area (Å²) < 4.78 is 10.5. The van der Waals surface area contributed by atoms with Crippen LogP contribution in [0.1, 0.15) is 27.7 Å². The van der Waals surface area contributed by atoms with Crippen LogP contribution >= 0.6 is 23.1 Å². The fourth-order valence-electron chi connectivity index (χ4n) is 2.64. The van der Waals surface area contributed by atoms with Gasteiger partial charge in [-0.05, 0) is 32.4 Å². The van der Waals surface area contributed by atoms with E-state index >= 15 is 0 Å². The van der Waals surface area contributed by atoms with Crippen molar-refractivity contribution in [3.05, 3.63) is 50.4 Å². The number of ether oxygens (including phenoxy) is 1. The molecule has 1 amide bonds. The second-order valence-corrected chi connectivity index (χ2v) is 8.34. The molecule has 0 atom stereocenters. The molecule has 0 radical (unpaired) electrons. The van der Waals surface area contributed by atoms with Gasteiger partial charge >= 0.3 is 5.97 Å². The normalized spacial score (nSPS) is 10.7. The Kier molecular flexibility index (Phi) is 7.02. The largest absolute Gasteiger partial charge is 0.462 e. The fourth-order valence-corrected chi connectivity index (χ4v) is 4.27. The number of thioether (sulfide) groups is 1. The molecule has 0 saturated carbocycles. The number of aryl methyl sites for hydroxylation is 1. The Morgan fingerprint density at radius 2 is 2.03 bits per heavy atom.